The van der Waals surface area contributed by atoms with Crippen molar-refractivity contribution in [3.05, 3.63) is 0 Å². The summed E-state index contributed by atoms with van der Waals surface area (Å²) in [5.74, 6) is 0.937. The van der Waals surface area contributed by atoms with E-state index in [1.807, 2.05) is 27.8 Å². The van der Waals surface area contributed by atoms with Crippen molar-refractivity contribution >= 4 is 5.78 Å². The minimum Gasteiger partial charge on any atom is -0.310 e. The standard InChI is InChI=1S/C13H25NO.C3H8/c1-13(2,3)12(15)11(14-4)10-8-6-5-7-9-10;1-3-2/h10-11,14H,5-9H2,1-4H3;3H2,1-2H3. The Morgan fingerprint density at radius 2 is 1.61 bits per heavy atom. The molecule has 0 radical (unpaired) electrons. The van der Waals surface area contributed by atoms with Gasteiger partial charge in [0.25, 0.3) is 0 Å². The highest BCUT2D eigenvalue weighted by Crippen LogP contribution is 2.30. The number of ketones is 1. The Kier molecular flexibility index (Phi) is 8.51. The zero-order valence-corrected chi connectivity index (χ0v) is 13.3. The molecule has 1 unspecified atom stereocenters. The molecule has 0 amide bonds. The number of nitrogens with one attached hydrogen (secondary N) is 1. The van der Waals surface area contributed by atoms with Gasteiger partial charge in [-0.2, -0.15) is 0 Å². The number of hydrogen-bond acceptors (Lipinski definition) is 2. The summed E-state index contributed by atoms with van der Waals surface area (Å²) >= 11 is 0. The first-order valence-electron chi connectivity index (χ1n) is 7.60. The van der Waals surface area contributed by atoms with Crippen LogP contribution in [0.4, 0.5) is 0 Å². The molecule has 0 aromatic rings. The smallest absolute Gasteiger partial charge is 0.155 e. The van der Waals surface area contributed by atoms with Gasteiger partial charge in [-0.1, -0.05) is 60.3 Å². The van der Waals surface area contributed by atoms with Crippen LogP contribution in [0, 0.1) is 11.3 Å². The van der Waals surface area contributed by atoms with Gasteiger partial charge in [0.15, 0.2) is 5.78 Å². The van der Waals surface area contributed by atoms with Gasteiger partial charge in [0, 0.05) is 5.41 Å². The van der Waals surface area contributed by atoms with Gasteiger partial charge in [-0.05, 0) is 25.8 Å². The molecule has 0 saturated heterocycles. The van der Waals surface area contributed by atoms with Crippen molar-refractivity contribution in [3.8, 4) is 0 Å². The largest absolute Gasteiger partial charge is 0.310 e. The lowest BCUT2D eigenvalue weighted by Crippen LogP contribution is -2.46. The van der Waals surface area contributed by atoms with Crippen LogP contribution in [0.1, 0.15) is 73.1 Å². The van der Waals surface area contributed by atoms with Gasteiger partial charge in [0.1, 0.15) is 0 Å². The van der Waals surface area contributed by atoms with E-state index in [1.54, 1.807) is 0 Å². The summed E-state index contributed by atoms with van der Waals surface area (Å²) < 4.78 is 0. The molecule has 1 aliphatic rings. The second-order valence-electron chi connectivity index (χ2n) is 6.49. The van der Waals surface area contributed by atoms with Crippen LogP contribution in [0.15, 0.2) is 0 Å². The maximum atomic E-state index is 12.2. The summed E-state index contributed by atoms with van der Waals surface area (Å²) in [6, 6.07) is 0.0744. The summed E-state index contributed by atoms with van der Waals surface area (Å²) in [6.07, 6.45) is 7.61. The predicted octanol–water partition coefficient (Wildman–Crippen LogP) is 4.19. The van der Waals surface area contributed by atoms with E-state index in [0.29, 0.717) is 11.7 Å². The molecule has 1 aliphatic carbocycles. The molecule has 0 aromatic carbocycles. The SMILES string of the molecule is CCC.CNC(C(=O)C(C)(C)C)C1CCCCC1. The van der Waals surface area contributed by atoms with Gasteiger partial charge in [0.05, 0.1) is 6.04 Å². The Morgan fingerprint density at radius 1 is 1.17 bits per heavy atom. The highest BCUT2D eigenvalue weighted by molar-refractivity contribution is 5.89. The lowest BCUT2D eigenvalue weighted by atomic mass is 9.76. The van der Waals surface area contributed by atoms with E-state index in [4.69, 9.17) is 0 Å². The average molecular weight is 255 g/mol. The molecule has 1 rings (SSSR count). The molecule has 0 aromatic heterocycles. The van der Waals surface area contributed by atoms with Gasteiger partial charge in [0.2, 0.25) is 0 Å². The fourth-order valence-electron chi connectivity index (χ4n) is 2.51. The number of carbonyl (C=O) groups excluding carboxylic acids is 1. The number of rotatable bonds is 3. The molecule has 1 atom stereocenters. The van der Waals surface area contributed by atoms with E-state index >= 15 is 0 Å². The lowest BCUT2D eigenvalue weighted by Gasteiger charge is -2.33. The van der Waals surface area contributed by atoms with Crippen molar-refractivity contribution in [2.24, 2.45) is 11.3 Å². The first-order chi connectivity index (χ1) is 8.38. The highest BCUT2D eigenvalue weighted by Gasteiger charge is 2.34. The number of hydrogen-bond donors (Lipinski definition) is 1. The Hall–Kier alpha value is -0.370. The molecule has 108 valence electrons. The summed E-state index contributed by atoms with van der Waals surface area (Å²) in [7, 11) is 1.92. The Bertz CT molecular complexity index is 224. The van der Waals surface area contributed by atoms with Crippen LogP contribution < -0.4 is 5.32 Å². The monoisotopic (exact) mass is 255 g/mol. The molecule has 2 heteroatoms. The Morgan fingerprint density at radius 3 is 1.94 bits per heavy atom. The zero-order valence-electron chi connectivity index (χ0n) is 13.3. The van der Waals surface area contributed by atoms with E-state index in [9.17, 15) is 4.79 Å². The second-order valence-corrected chi connectivity index (χ2v) is 6.49. The second kappa shape index (κ2) is 8.68. The Labute approximate surface area is 114 Å². The van der Waals surface area contributed by atoms with Crippen LogP contribution in [0.5, 0.6) is 0 Å². The van der Waals surface area contributed by atoms with Crippen molar-refractivity contribution in [1.29, 1.82) is 0 Å². The Balaban J connectivity index is 0.000000873. The molecule has 1 saturated carbocycles. The summed E-state index contributed by atoms with van der Waals surface area (Å²) in [4.78, 5) is 12.2. The average Bonchev–Trinajstić information content (AvgIpc) is 2.31. The zero-order chi connectivity index (χ0) is 14.2. The molecule has 0 aliphatic heterocycles. The van der Waals surface area contributed by atoms with E-state index < -0.39 is 0 Å². The van der Waals surface area contributed by atoms with Gasteiger partial charge >= 0.3 is 0 Å². The molecule has 0 spiro atoms. The third kappa shape index (κ3) is 5.99. The van der Waals surface area contributed by atoms with Crippen molar-refractivity contribution in [1.82, 2.24) is 5.32 Å². The molecule has 1 N–H and O–H groups in total. The topological polar surface area (TPSA) is 29.1 Å². The highest BCUT2D eigenvalue weighted by atomic mass is 16.1. The minimum atomic E-state index is -0.217. The predicted molar refractivity (Wildman–Crippen MR) is 79.8 cm³/mol. The van der Waals surface area contributed by atoms with Gasteiger partial charge in [-0.25, -0.2) is 0 Å². The first-order valence-corrected chi connectivity index (χ1v) is 7.60. The first kappa shape index (κ1) is 17.6. The quantitative estimate of drug-likeness (QED) is 0.819. The van der Waals surface area contributed by atoms with Crippen molar-refractivity contribution in [2.45, 2.75) is 79.2 Å². The fourth-order valence-corrected chi connectivity index (χ4v) is 2.51. The van der Waals surface area contributed by atoms with Gasteiger partial charge in [-0.3, -0.25) is 4.79 Å². The van der Waals surface area contributed by atoms with Crippen LogP contribution in [0.25, 0.3) is 0 Å². The van der Waals surface area contributed by atoms with Crippen LogP contribution >= 0.6 is 0 Å². The minimum absolute atomic E-state index is 0.0744. The van der Waals surface area contributed by atoms with Crippen LogP contribution in [0.3, 0.4) is 0 Å². The van der Waals surface area contributed by atoms with E-state index in [2.05, 4.69) is 19.2 Å². The van der Waals surface area contributed by atoms with Crippen LogP contribution in [0.2, 0.25) is 0 Å². The maximum absolute atomic E-state index is 12.2. The number of likely N-dealkylation sites (N-methyl/N-ethyl adjacent to an activating group) is 1. The van der Waals surface area contributed by atoms with Gasteiger partial charge < -0.3 is 5.32 Å². The van der Waals surface area contributed by atoms with Crippen molar-refractivity contribution < 1.29 is 4.79 Å². The normalized spacial score (nSPS) is 18.8. The number of carbonyl (C=O) groups is 1. The van der Waals surface area contributed by atoms with Crippen LogP contribution in [-0.2, 0) is 4.79 Å². The molecule has 18 heavy (non-hydrogen) atoms. The summed E-state index contributed by atoms with van der Waals surface area (Å²) in [5.41, 5.74) is -0.217. The molecule has 2 nitrogen and oxygen atoms in total. The summed E-state index contributed by atoms with van der Waals surface area (Å²) in [6.45, 7) is 10.3. The third-order valence-electron chi connectivity index (χ3n) is 3.45. The fraction of sp³-hybridized carbons (Fsp3) is 0.938. The third-order valence-corrected chi connectivity index (χ3v) is 3.45. The lowest BCUT2D eigenvalue weighted by molar-refractivity contribution is -0.130. The van der Waals surface area contributed by atoms with Gasteiger partial charge in [-0.15, -0.1) is 0 Å². The molecule has 0 bridgehead atoms. The molecule has 1 fully saturated rings. The molecular weight excluding hydrogens is 222 g/mol. The maximum Gasteiger partial charge on any atom is 0.155 e. The van der Waals surface area contributed by atoms with Crippen LogP contribution in [-0.4, -0.2) is 18.9 Å². The van der Waals surface area contributed by atoms with Crippen molar-refractivity contribution in [3.63, 3.8) is 0 Å². The van der Waals surface area contributed by atoms with E-state index in [1.165, 1.54) is 38.5 Å². The molecular formula is C16H33NO. The van der Waals surface area contributed by atoms with E-state index in [-0.39, 0.29) is 11.5 Å². The number of Topliss-reactive ketones (excluding diaryl/α,β-unsaturated/α-hetero) is 1. The summed E-state index contributed by atoms with van der Waals surface area (Å²) in [5, 5.41) is 3.23. The van der Waals surface area contributed by atoms with E-state index in [0.717, 1.165) is 0 Å². The van der Waals surface area contributed by atoms with Crippen molar-refractivity contribution in [2.75, 3.05) is 7.05 Å². The molecule has 0 heterocycles.